The van der Waals surface area contributed by atoms with E-state index in [-0.39, 0.29) is 17.9 Å². The Morgan fingerprint density at radius 2 is 1.91 bits per heavy atom. The Kier molecular flexibility index (Phi) is 8.95. The highest BCUT2D eigenvalue weighted by Gasteiger charge is 2.43. The van der Waals surface area contributed by atoms with Crippen LogP contribution in [0.4, 0.5) is 0 Å². The lowest BCUT2D eigenvalue weighted by molar-refractivity contribution is -0.121. The van der Waals surface area contributed by atoms with Crippen LogP contribution < -0.4 is 5.32 Å². The zero-order chi connectivity index (χ0) is 24.6. The number of rotatable bonds is 11. The minimum atomic E-state index is -0.537. The molecule has 2 aromatic carbocycles. The fourth-order valence-corrected chi connectivity index (χ4v) is 5.72. The molecule has 186 valence electrons. The molecule has 2 aromatic rings. The maximum Gasteiger partial charge on any atom is 0.220 e. The number of fused-ring (bicyclic) bond motifs is 1. The highest BCUT2D eigenvalue weighted by atomic mass is 16.3. The lowest BCUT2D eigenvalue weighted by Crippen LogP contribution is -2.22. The van der Waals surface area contributed by atoms with Gasteiger partial charge in [-0.25, -0.2) is 0 Å². The van der Waals surface area contributed by atoms with Crippen LogP contribution in [0.1, 0.15) is 55.2 Å². The first-order valence-electron chi connectivity index (χ1n) is 13.1. The van der Waals surface area contributed by atoms with E-state index < -0.39 is 6.10 Å². The van der Waals surface area contributed by atoms with E-state index in [2.05, 4.69) is 36.5 Å². The average Bonchev–Trinajstić information content (AvgIpc) is 3.36. The molecular formula is C31H39NO3. The monoisotopic (exact) mass is 473 g/mol. The van der Waals surface area contributed by atoms with Crippen molar-refractivity contribution in [3.05, 3.63) is 95.1 Å². The number of aliphatic hydroxyl groups is 2. The number of allylic oxidation sites excluding steroid dienone is 2. The molecule has 0 heterocycles. The number of hydrogen-bond donors (Lipinski definition) is 3. The van der Waals surface area contributed by atoms with E-state index in [9.17, 15) is 15.0 Å². The van der Waals surface area contributed by atoms with Crippen LogP contribution in [0, 0.1) is 24.7 Å². The number of aliphatic hydroxyl groups excluding tert-OH is 2. The molecule has 1 amide bonds. The Bertz CT molecular complexity index is 1030. The second kappa shape index (κ2) is 12.3. The van der Waals surface area contributed by atoms with Gasteiger partial charge in [0.05, 0.1) is 12.2 Å². The van der Waals surface area contributed by atoms with Crippen LogP contribution in [0.2, 0.25) is 0 Å². The molecule has 0 unspecified atom stereocenters. The first kappa shape index (κ1) is 25.4. The molecule has 4 nitrogen and oxygen atoms in total. The van der Waals surface area contributed by atoms with Crippen molar-refractivity contribution in [2.45, 2.75) is 70.6 Å². The summed E-state index contributed by atoms with van der Waals surface area (Å²) in [6, 6.07) is 18.2. The highest BCUT2D eigenvalue weighted by Crippen LogP contribution is 2.48. The van der Waals surface area contributed by atoms with Gasteiger partial charge >= 0.3 is 0 Å². The summed E-state index contributed by atoms with van der Waals surface area (Å²) in [4.78, 5) is 12.1. The maximum absolute atomic E-state index is 12.1. The molecule has 0 aliphatic heterocycles. The third-order valence-electron chi connectivity index (χ3n) is 7.52. The molecule has 35 heavy (non-hydrogen) atoms. The number of amides is 1. The number of benzene rings is 2. The summed E-state index contributed by atoms with van der Waals surface area (Å²) in [6.45, 7) is 2.65. The van der Waals surface area contributed by atoms with Gasteiger partial charge in [-0.05, 0) is 62.0 Å². The largest absolute Gasteiger partial charge is 0.392 e. The lowest BCUT2D eigenvalue weighted by Gasteiger charge is -2.19. The van der Waals surface area contributed by atoms with Gasteiger partial charge in [0.15, 0.2) is 0 Å². The summed E-state index contributed by atoms with van der Waals surface area (Å²) in [7, 11) is 0. The van der Waals surface area contributed by atoms with Gasteiger partial charge in [0, 0.05) is 25.3 Å². The van der Waals surface area contributed by atoms with E-state index in [0.29, 0.717) is 31.2 Å². The van der Waals surface area contributed by atoms with Crippen LogP contribution in [0.5, 0.6) is 0 Å². The van der Waals surface area contributed by atoms with E-state index in [1.807, 2.05) is 48.5 Å². The topological polar surface area (TPSA) is 69.6 Å². The molecule has 2 aliphatic rings. The number of hydrogen-bond acceptors (Lipinski definition) is 3. The zero-order valence-corrected chi connectivity index (χ0v) is 20.8. The maximum atomic E-state index is 12.1. The molecule has 4 heteroatoms. The van der Waals surface area contributed by atoms with E-state index in [4.69, 9.17) is 0 Å². The summed E-state index contributed by atoms with van der Waals surface area (Å²) in [5.41, 5.74) is 4.92. The van der Waals surface area contributed by atoms with Crippen molar-refractivity contribution in [3.8, 4) is 0 Å². The third kappa shape index (κ3) is 7.39. The van der Waals surface area contributed by atoms with E-state index in [0.717, 1.165) is 43.2 Å². The predicted molar refractivity (Wildman–Crippen MR) is 141 cm³/mol. The van der Waals surface area contributed by atoms with E-state index in [1.54, 1.807) is 0 Å². The number of aryl methyl sites for hydroxylation is 1. The van der Waals surface area contributed by atoms with Gasteiger partial charge in [0.2, 0.25) is 5.91 Å². The third-order valence-corrected chi connectivity index (χ3v) is 7.52. The Hall–Kier alpha value is -2.69. The molecule has 1 fully saturated rings. The van der Waals surface area contributed by atoms with Gasteiger partial charge < -0.3 is 15.5 Å². The molecule has 4 rings (SSSR count). The standard InChI is InChI=1S/C31H39NO3/c1-22-8-7-12-24(16-22)18-27(33)14-15-28-29-19-25(17-26(29)20-30(28)34)11-5-6-13-31(35)32-21-23-9-3-2-4-10-23/h2-4,7-10,12,14-17,26-30,33-34H,5-6,11,13,18-21H2,1H3,(H,32,35)/b15-14+/t26-,27-,28+,29-,30+/m0/s1. The van der Waals surface area contributed by atoms with Crippen LogP contribution >= 0.6 is 0 Å². The van der Waals surface area contributed by atoms with Gasteiger partial charge in [0.25, 0.3) is 0 Å². The van der Waals surface area contributed by atoms with Crippen molar-refractivity contribution in [2.75, 3.05) is 0 Å². The molecule has 2 aliphatic carbocycles. The lowest BCUT2D eigenvalue weighted by atomic mass is 9.88. The van der Waals surface area contributed by atoms with Crippen LogP contribution in [0.3, 0.4) is 0 Å². The first-order chi connectivity index (χ1) is 17.0. The summed E-state index contributed by atoms with van der Waals surface area (Å²) in [5.74, 6) is 1.07. The number of nitrogens with one attached hydrogen (secondary N) is 1. The Labute approximate surface area is 209 Å². The van der Waals surface area contributed by atoms with Crippen molar-refractivity contribution in [1.29, 1.82) is 0 Å². The fraction of sp³-hybridized carbons (Fsp3) is 0.452. The summed E-state index contributed by atoms with van der Waals surface area (Å²) >= 11 is 0. The molecule has 3 N–H and O–H groups in total. The van der Waals surface area contributed by atoms with Gasteiger partial charge in [-0.1, -0.05) is 84.0 Å². The molecule has 1 saturated carbocycles. The SMILES string of the molecule is Cc1cccc(C[C@@H](O)/C=C/[C@@H]2[C@H]3CC(CCCCC(=O)NCc4ccccc4)=C[C@H]3C[C@H]2O)c1. The molecule has 0 bridgehead atoms. The van der Waals surface area contributed by atoms with Crippen molar-refractivity contribution in [2.24, 2.45) is 17.8 Å². The van der Waals surface area contributed by atoms with Gasteiger partial charge in [0.1, 0.15) is 0 Å². The molecule has 5 atom stereocenters. The molecular weight excluding hydrogens is 434 g/mol. The molecule has 0 spiro atoms. The predicted octanol–water partition coefficient (Wildman–Crippen LogP) is 5.27. The van der Waals surface area contributed by atoms with Gasteiger partial charge in [-0.15, -0.1) is 0 Å². The van der Waals surface area contributed by atoms with Crippen LogP contribution in [0.15, 0.2) is 78.4 Å². The van der Waals surface area contributed by atoms with Crippen molar-refractivity contribution < 1.29 is 15.0 Å². The minimum Gasteiger partial charge on any atom is -0.392 e. The van der Waals surface area contributed by atoms with Crippen LogP contribution in [-0.4, -0.2) is 28.3 Å². The van der Waals surface area contributed by atoms with Gasteiger partial charge in [-0.3, -0.25) is 4.79 Å². The molecule has 0 aromatic heterocycles. The Balaban J connectivity index is 1.17. The van der Waals surface area contributed by atoms with E-state index in [1.165, 1.54) is 11.1 Å². The molecule has 0 radical (unpaired) electrons. The molecule has 0 saturated heterocycles. The fourth-order valence-electron chi connectivity index (χ4n) is 5.72. The van der Waals surface area contributed by atoms with Crippen LogP contribution in [0.25, 0.3) is 0 Å². The summed E-state index contributed by atoms with van der Waals surface area (Å²) in [6.07, 6.45) is 11.4. The summed E-state index contributed by atoms with van der Waals surface area (Å²) < 4.78 is 0. The number of carbonyl (C=O) groups excluding carboxylic acids is 1. The van der Waals surface area contributed by atoms with E-state index >= 15 is 0 Å². The first-order valence-corrected chi connectivity index (χ1v) is 13.1. The second-order valence-electron chi connectivity index (χ2n) is 10.4. The Morgan fingerprint density at radius 1 is 1.11 bits per heavy atom. The van der Waals surface area contributed by atoms with Crippen molar-refractivity contribution >= 4 is 5.91 Å². The smallest absolute Gasteiger partial charge is 0.220 e. The van der Waals surface area contributed by atoms with Crippen LogP contribution in [-0.2, 0) is 17.8 Å². The minimum absolute atomic E-state index is 0.102. The zero-order valence-electron chi connectivity index (χ0n) is 20.8. The highest BCUT2D eigenvalue weighted by molar-refractivity contribution is 5.75. The van der Waals surface area contributed by atoms with Crippen molar-refractivity contribution in [3.63, 3.8) is 0 Å². The number of unbranched alkanes of at least 4 members (excludes halogenated alkanes) is 1. The Morgan fingerprint density at radius 3 is 2.71 bits per heavy atom. The van der Waals surface area contributed by atoms with Gasteiger partial charge in [-0.2, -0.15) is 0 Å². The number of carbonyl (C=O) groups is 1. The van der Waals surface area contributed by atoms with Crippen molar-refractivity contribution in [1.82, 2.24) is 5.32 Å². The average molecular weight is 474 g/mol. The quantitative estimate of drug-likeness (QED) is 0.307. The summed E-state index contributed by atoms with van der Waals surface area (Å²) in [5, 5.41) is 24.1. The second-order valence-corrected chi connectivity index (χ2v) is 10.4. The normalized spacial score (nSPS) is 24.4.